The van der Waals surface area contributed by atoms with Crippen molar-refractivity contribution in [3.63, 3.8) is 0 Å². The monoisotopic (exact) mass is 272 g/mol. The standard InChI is InChI=1S/C11H16N2O4S/c1-7-10(11(15)16)18-9(13-7)6-12-8(14)4-3-5-17-2/h3-6H2,1-2H3,(H,12,14)(H,15,16). The molecule has 0 bridgehead atoms. The molecule has 6 nitrogen and oxygen atoms in total. The van der Waals surface area contributed by atoms with E-state index in [1.165, 1.54) is 0 Å². The number of carbonyl (C=O) groups is 2. The lowest BCUT2D eigenvalue weighted by atomic mass is 10.3. The second-order valence-electron chi connectivity index (χ2n) is 3.70. The average Bonchev–Trinajstić information content (AvgIpc) is 2.68. The van der Waals surface area contributed by atoms with Crippen molar-refractivity contribution in [2.24, 2.45) is 0 Å². The molecule has 1 heterocycles. The summed E-state index contributed by atoms with van der Waals surface area (Å²) >= 11 is 1.09. The van der Waals surface area contributed by atoms with Crippen molar-refractivity contribution in [3.05, 3.63) is 15.6 Å². The summed E-state index contributed by atoms with van der Waals surface area (Å²) in [5.74, 6) is -1.07. The molecule has 1 aromatic heterocycles. The number of aromatic nitrogens is 1. The molecule has 18 heavy (non-hydrogen) atoms. The molecule has 0 aliphatic heterocycles. The first-order valence-corrected chi connectivity index (χ1v) is 6.31. The van der Waals surface area contributed by atoms with Gasteiger partial charge in [0.05, 0.1) is 12.2 Å². The van der Waals surface area contributed by atoms with Gasteiger partial charge in [0.1, 0.15) is 9.88 Å². The van der Waals surface area contributed by atoms with Gasteiger partial charge in [0.25, 0.3) is 0 Å². The van der Waals surface area contributed by atoms with E-state index in [9.17, 15) is 9.59 Å². The fourth-order valence-corrected chi connectivity index (χ4v) is 2.21. The molecule has 0 saturated carbocycles. The lowest BCUT2D eigenvalue weighted by Crippen LogP contribution is -2.22. The van der Waals surface area contributed by atoms with Crippen LogP contribution in [0.15, 0.2) is 0 Å². The minimum atomic E-state index is -0.984. The highest BCUT2D eigenvalue weighted by Crippen LogP contribution is 2.17. The van der Waals surface area contributed by atoms with E-state index < -0.39 is 5.97 Å². The molecule has 0 fully saturated rings. The number of carbonyl (C=O) groups excluding carboxylic acids is 1. The Labute approximate surface area is 109 Å². The number of thiazole rings is 1. The van der Waals surface area contributed by atoms with Crippen LogP contribution in [-0.2, 0) is 16.1 Å². The Kier molecular flexibility index (Phi) is 5.73. The van der Waals surface area contributed by atoms with Gasteiger partial charge in [-0.2, -0.15) is 0 Å². The Balaban J connectivity index is 2.41. The topological polar surface area (TPSA) is 88.5 Å². The first-order chi connectivity index (χ1) is 8.54. The molecule has 100 valence electrons. The van der Waals surface area contributed by atoms with Crippen LogP contribution >= 0.6 is 11.3 Å². The van der Waals surface area contributed by atoms with Crippen LogP contribution in [0.3, 0.4) is 0 Å². The van der Waals surface area contributed by atoms with Crippen LogP contribution in [0.2, 0.25) is 0 Å². The second kappa shape index (κ2) is 7.07. The average molecular weight is 272 g/mol. The highest BCUT2D eigenvalue weighted by atomic mass is 32.1. The number of methoxy groups -OCH3 is 1. The summed E-state index contributed by atoms with van der Waals surface area (Å²) in [7, 11) is 1.59. The number of nitrogens with zero attached hydrogens (tertiary/aromatic N) is 1. The molecule has 0 radical (unpaired) electrons. The first kappa shape index (κ1) is 14.6. The molecule has 1 rings (SSSR count). The Morgan fingerprint density at radius 1 is 1.50 bits per heavy atom. The van der Waals surface area contributed by atoms with Gasteiger partial charge in [-0.25, -0.2) is 9.78 Å². The predicted octanol–water partition coefficient (Wildman–Crippen LogP) is 1.19. The predicted molar refractivity (Wildman–Crippen MR) is 66.8 cm³/mol. The normalized spacial score (nSPS) is 10.3. The molecule has 0 unspecified atom stereocenters. The number of amides is 1. The Bertz CT molecular complexity index is 431. The van der Waals surface area contributed by atoms with Gasteiger partial charge in [-0.1, -0.05) is 0 Å². The molecule has 0 saturated heterocycles. The minimum absolute atomic E-state index is 0.0863. The van der Waals surface area contributed by atoms with Crippen molar-refractivity contribution >= 4 is 23.2 Å². The van der Waals surface area contributed by atoms with Crippen molar-refractivity contribution in [2.75, 3.05) is 13.7 Å². The fourth-order valence-electron chi connectivity index (χ4n) is 1.37. The molecule has 0 aliphatic rings. The van der Waals surface area contributed by atoms with Crippen LogP contribution < -0.4 is 5.32 Å². The second-order valence-corrected chi connectivity index (χ2v) is 4.78. The van der Waals surface area contributed by atoms with Crippen molar-refractivity contribution in [1.29, 1.82) is 0 Å². The van der Waals surface area contributed by atoms with Crippen LogP contribution in [0.1, 0.15) is 33.2 Å². The summed E-state index contributed by atoms with van der Waals surface area (Å²) in [6.07, 6.45) is 1.06. The number of aryl methyl sites for hydroxylation is 1. The minimum Gasteiger partial charge on any atom is -0.477 e. The molecule has 0 aliphatic carbocycles. The zero-order chi connectivity index (χ0) is 13.5. The zero-order valence-electron chi connectivity index (χ0n) is 10.4. The van der Waals surface area contributed by atoms with Crippen LogP contribution in [-0.4, -0.2) is 35.7 Å². The van der Waals surface area contributed by atoms with Gasteiger partial charge >= 0.3 is 5.97 Å². The smallest absolute Gasteiger partial charge is 0.347 e. The molecule has 1 aromatic rings. The molecule has 2 N–H and O–H groups in total. The summed E-state index contributed by atoms with van der Waals surface area (Å²) in [4.78, 5) is 26.5. The summed E-state index contributed by atoms with van der Waals surface area (Å²) in [6.45, 7) is 2.46. The summed E-state index contributed by atoms with van der Waals surface area (Å²) < 4.78 is 4.84. The summed E-state index contributed by atoms with van der Waals surface area (Å²) in [6, 6.07) is 0. The van der Waals surface area contributed by atoms with Gasteiger partial charge in [0, 0.05) is 20.1 Å². The number of hydrogen-bond donors (Lipinski definition) is 2. The van der Waals surface area contributed by atoms with Crippen molar-refractivity contribution in [1.82, 2.24) is 10.3 Å². The van der Waals surface area contributed by atoms with Gasteiger partial charge < -0.3 is 15.2 Å². The van der Waals surface area contributed by atoms with Crippen LogP contribution in [0.5, 0.6) is 0 Å². The van der Waals surface area contributed by atoms with Crippen molar-refractivity contribution in [3.8, 4) is 0 Å². The highest BCUT2D eigenvalue weighted by Gasteiger charge is 2.14. The SMILES string of the molecule is COCCCC(=O)NCc1nc(C)c(C(=O)O)s1. The fraction of sp³-hybridized carbons (Fsp3) is 0.545. The maximum Gasteiger partial charge on any atom is 0.347 e. The van der Waals surface area contributed by atoms with Crippen LogP contribution in [0.4, 0.5) is 0 Å². The van der Waals surface area contributed by atoms with Gasteiger partial charge in [-0.15, -0.1) is 11.3 Å². The molecule has 7 heteroatoms. The van der Waals surface area contributed by atoms with Crippen molar-refractivity contribution < 1.29 is 19.4 Å². The molecular formula is C11H16N2O4S. The third-order valence-corrected chi connectivity index (χ3v) is 3.37. The number of aromatic carboxylic acids is 1. The van der Waals surface area contributed by atoms with E-state index in [-0.39, 0.29) is 17.3 Å². The van der Waals surface area contributed by atoms with Gasteiger partial charge in [0.15, 0.2) is 0 Å². The summed E-state index contributed by atoms with van der Waals surface area (Å²) in [5, 5.41) is 12.2. The lowest BCUT2D eigenvalue weighted by Gasteiger charge is -2.02. The summed E-state index contributed by atoms with van der Waals surface area (Å²) in [5.41, 5.74) is 0.483. The van der Waals surface area contributed by atoms with Crippen molar-refractivity contribution in [2.45, 2.75) is 26.3 Å². The number of ether oxygens (including phenoxy) is 1. The maximum atomic E-state index is 11.4. The molecule has 0 spiro atoms. The Morgan fingerprint density at radius 2 is 2.22 bits per heavy atom. The Morgan fingerprint density at radius 3 is 2.78 bits per heavy atom. The van der Waals surface area contributed by atoms with Crippen LogP contribution in [0.25, 0.3) is 0 Å². The molecule has 0 aromatic carbocycles. The maximum absolute atomic E-state index is 11.4. The number of nitrogens with one attached hydrogen (secondary N) is 1. The van der Waals surface area contributed by atoms with Crippen LogP contribution in [0, 0.1) is 6.92 Å². The third-order valence-electron chi connectivity index (χ3n) is 2.22. The van der Waals surface area contributed by atoms with Gasteiger partial charge in [-0.05, 0) is 13.3 Å². The largest absolute Gasteiger partial charge is 0.477 e. The van der Waals surface area contributed by atoms with E-state index in [0.717, 1.165) is 11.3 Å². The zero-order valence-corrected chi connectivity index (χ0v) is 11.2. The van der Waals surface area contributed by atoms with Gasteiger partial charge in [-0.3, -0.25) is 4.79 Å². The molecule has 0 atom stereocenters. The number of hydrogen-bond acceptors (Lipinski definition) is 5. The van der Waals surface area contributed by atoms with E-state index in [0.29, 0.717) is 30.2 Å². The van der Waals surface area contributed by atoms with E-state index in [2.05, 4.69) is 10.3 Å². The molecular weight excluding hydrogens is 256 g/mol. The van der Waals surface area contributed by atoms with E-state index in [1.807, 2.05) is 0 Å². The lowest BCUT2D eigenvalue weighted by molar-refractivity contribution is -0.121. The van der Waals surface area contributed by atoms with Gasteiger partial charge in [0.2, 0.25) is 5.91 Å². The number of carboxylic acids is 1. The quantitative estimate of drug-likeness (QED) is 0.728. The number of rotatable bonds is 7. The molecule has 1 amide bonds. The first-order valence-electron chi connectivity index (χ1n) is 5.49. The third kappa shape index (κ3) is 4.42. The Hall–Kier alpha value is -1.47. The van der Waals surface area contributed by atoms with E-state index >= 15 is 0 Å². The van der Waals surface area contributed by atoms with E-state index in [1.54, 1.807) is 14.0 Å². The number of carboxylic acid groups (broad SMARTS) is 1. The van der Waals surface area contributed by atoms with E-state index in [4.69, 9.17) is 9.84 Å². The highest BCUT2D eigenvalue weighted by molar-refractivity contribution is 7.13.